The maximum Gasteiger partial charge on any atom is 0.416 e. The van der Waals surface area contributed by atoms with Gasteiger partial charge in [-0.3, -0.25) is 19.2 Å². The van der Waals surface area contributed by atoms with Gasteiger partial charge in [0.1, 0.15) is 6.54 Å². The maximum absolute atomic E-state index is 12.9. The molecule has 0 heterocycles. The van der Waals surface area contributed by atoms with Crippen LogP contribution in [0, 0.1) is 10.1 Å². The molecule has 0 unspecified atom stereocenters. The third kappa shape index (κ3) is 5.42. The first-order valence-corrected chi connectivity index (χ1v) is 9.42. The second kappa shape index (κ2) is 7.84. The molecule has 0 aliphatic rings. The summed E-state index contributed by atoms with van der Waals surface area (Å²) in [6.45, 7) is -0.817. The Hall–Kier alpha value is -3.15. The quantitative estimate of drug-likeness (QED) is 0.574. The molecule has 1 N–H and O–H groups in total. The van der Waals surface area contributed by atoms with Gasteiger partial charge >= 0.3 is 6.18 Å². The molecule has 2 rings (SSSR count). The molecule has 0 aromatic heterocycles. The number of nitrogens with zero attached hydrogens (tertiary/aromatic N) is 2. The zero-order valence-electron chi connectivity index (χ0n) is 14.3. The highest BCUT2D eigenvalue weighted by atomic mass is 32.2. The lowest BCUT2D eigenvalue weighted by molar-refractivity contribution is -0.384. The number of nitrogens with one attached hydrogen (secondary N) is 1. The van der Waals surface area contributed by atoms with Crippen LogP contribution in [0.1, 0.15) is 5.56 Å². The van der Waals surface area contributed by atoms with Crippen molar-refractivity contribution in [2.45, 2.75) is 6.18 Å². The van der Waals surface area contributed by atoms with Crippen molar-refractivity contribution >= 4 is 33.0 Å². The van der Waals surface area contributed by atoms with Crippen LogP contribution < -0.4 is 9.62 Å². The molecule has 0 bridgehead atoms. The number of carbonyl (C=O) groups excluding carboxylic acids is 1. The van der Waals surface area contributed by atoms with E-state index in [1.54, 1.807) is 0 Å². The van der Waals surface area contributed by atoms with Gasteiger partial charge in [-0.05, 0) is 24.3 Å². The molecular weight excluding hydrogens is 403 g/mol. The van der Waals surface area contributed by atoms with Crippen LogP contribution in [0.5, 0.6) is 0 Å². The Bertz CT molecular complexity index is 1010. The second-order valence-electron chi connectivity index (χ2n) is 5.67. The summed E-state index contributed by atoms with van der Waals surface area (Å²) in [7, 11) is -4.09. The SMILES string of the molecule is CS(=O)(=O)N(CC(=O)Nc1cccc([N+](=O)[O-])c1)c1cccc(C(F)(F)F)c1. The van der Waals surface area contributed by atoms with Crippen LogP contribution in [-0.4, -0.2) is 32.0 Å². The molecule has 1 amide bonds. The third-order valence-electron chi connectivity index (χ3n) is 3.49. The average Bonchev–Trinajstić information content (AvgIpc) is 2.58. The van der Waals surface area contributed by atoms with Gasteiger partial charge in [0, 0.05) is 17.8 Å². The Morgan fingerprint density at radius 1 is 1.18 bits per heavy atom. The summed E-state index contributed by atoms with van der Waals surface area (Å²) < 4.78 is 63.1. The van der Waals surface area contributed by atoms with E-state index in [2.05, 4.69) is 5.32 Å². The van der Waals surface area contributed by atoms with E-state index >= 15 is 0 Å². The molecule has 0 aliphatic heterocycles. The first kappa shape index (κ1) is 21.2. The van der Waals surface area contributed by atoms with Crippen molar-refractivity contribution in [2.24, 2.45) is 0 Å². The summed E-state index contributed by atoms with van der Waals surface area (Å²) in [4.78, 5) is 22.3. The molecule has 0 radical (unpaired) electrons. The van der Waals surface area contributed by atoms with Crippen molar-refractivity contribution < 1.29 is 31.3 Å². The smallest absolute Gasteiger partial charge is 0.324 e. The Morgan fingerprint density at radius 3 is 2.39 bits per heavy atom. The van der Waals surface area contributed by atoms with Crippen LogP contribution in [-0.2, 0) is 21.0 Å². The van der Waals surface area contributed by atoms with Crippen LogP contribution in [0.4, 0.5) is 30.2 Å². The van der Waals surface area contributed by atoms with Gasteiger partial charge in [-0.2, -0.15) is 13.2 Å². The van der Waals surface area contributed by atoms with Crippen LogP contribution in [0.2, 0.25) is 0 Å². The summed E-state index contributed by atoms with van der Waals surface area (Å²) in [5, 5.41) is 13.0. The largest absolute Gasteiger partial charge is 0.416 e. The minimum atomic E-state index is -4.69. The molecular formula is C16H14F3N3O5S. The zero-order valence-corrected chi connectivity index (χ0v) is 15.1. The molecule has 0 spiro atoms. The summed E-state index contributed by atoms with van der Waals surface area (Å²) in [6, 6.07) is 8.45. The summed E-state index contributed by atoms with van der Waals surface area (Å²) in [6.07, 6.45) is -3.95. The highest BCUT2D eigenvalue weighted by Crippen LogP contribution is 2.32. The lowest BCUT2D eigenvalue weighted by Crippen LogP contribution is -2.37. The number of non-ortho nitro benzene ring substituents is 1. The molecule has 0 saturated heterocycles. The topological polar surface area (TPSA) is 110 Å². The molecule has 2 aromatic carbocycles. The van der Waals surface area contributed by atoms with E-state index < -0.39 is 39.1 Å². The van der Waals surface area contributed by atoms with E-state index in [0.29, 0.717) is 10.4 Å². The normalized spacial score (nSPS) is 11.7. The van der Waals surface area contributed by atoms with E-state index in [-0.39, 0.29) is 17.1 Å². The molecule has 2 aromatic rings. The van der Waals surface area contributed by atoms with Gasteiger partial charge in [0.2, 0.25) is 15.9 Å². The zero-order chi connectivity index (χ0) is 21.1. The fraction of sp³-hybridized carbons (Fsp3) is 0.188. The van der Waals surface area contributed by atoms with E-state index in [0.717, 1.165) is 30.5 Å². The number of hydrogen-bond donors (Lipinski definition) is 1. The number of sulfonamides is 1. The molecule has 150 valence electrons. The number of nitro groups is 1. The number of anilines is 2. The van der Waals surface area contributed by atoms with Crippen molar-refractivity contribution in [2.75, 3.05) is 22.4 Å². The third-order valence-corrected chi connectivity index (χ3v) is 4.63. The monoisotopic (exact) mass is 417 g/mol. The number of alkyl halides is 3. The Morgan fingerprint density at radius 2 is 1.82 bits per heavy atom. The van der Waals surface area contributed by atoms with Gasteiger partial charge in [-0.1, -0.05) is 12.1 Å². The number of hydrogen-bond acceptors (Lipinski definition) is 5. The second-order valence-corrected chi connectivity index (χ2v) is 7.58. The van der Waals surface area contributed by atoms with Crippen LogP contribution in [0.25, 0.3) is 0 Å². The van der Waals surface area contributed by atoms with Gasteiger partial charge in [0.25, 0.3) is 5.69 Å². The molecule has 28 heavy (non-hydrogen) atoms. The highest BCUT2D eigenvalue weighted by molar-refractivity contribution is 7.92. The van der Waals surface area contributed by atoms with Gasteiger partial charge in [0.15, 0.2) is 0 Å². The van der Waals surface area contributed by atoms with E-state index in [9.17, 15) is 36.5 Å². The van der Waals surface area contributed by atoms with Crippen molar-refractivity contribution in [3.8, 4) is 0 Å². The number of rotatable bonds is 6. The molecule has 0 aliphatic carbocycles. The lowest BCUT2D eigenvalue weighted by atomic mass is 10.2. The standard InChI is InChI=1S/C16H14F3N3O5S/c1-28(26,27)21(13-6-2-4-11(8-13)16(17,18)19)10-15(23)20-12-5-3-7-14(9-12)22(24)25/h2-9H,10H2,1H3,(H,20,23). The Labute approximate surface area is 157 Å². The van der Waals surface area contributed by atoms with Gasteiger partial charge in [0.05, 0.1) is 22.4 Å². The summed E-state index contributed by atoms with van der Waals surface area (Å²) >= 11 is 0. The van der Waals surface area contributed by atoms with Crippen molar-refractivity contribution in [3.05, 3.63) is 64.2 Å². The summed E-state index contributed by atoms with van der Waals surface area (Å²) in [5.41, 5.74) is -1.67. The van der Waals surface area contributed by atoms with E-state index in [1.165, 1.54) is 18.2 Å². The van der Waals surface area contributed by atoms with Crippen molar-refractivity contribution in [1.82, 2.24) is 0 Å². The molecule has 0 saturated carbocycles. The van der Waals surface area contributed by atoms with E-state index in [1.807, 2.05) is 0 Å². The predicted octanol–water partition coefficient (Wildman–Crippen LogP) is 3.02. The fourth-order valence-corrected chi connectivity index (χ4v) is 3.11. The maximum atomic E-state index is 12.9. The highest BCUT2D eigenvalue weighted by Gasteiger charge is 2.32. The van der Waals surface area contributed by atoms with Crippen molar-refractivity contribution in [3.63, 3.8) is 0 Å². The van der Waals surface area contributed by atoms with Gasteiger partial charge in [-0.25, -0.2) is 8.42 Å². The number of benzene rings is 2. The Kier molecular flexibility index (Phi) is 5.92. The average molecular weight is 417 g/mol. The summed E-state index contributed by atoms with van der Waals surface area (Å²) in [5.74, 6) is -0.886. The number of amides is 1. The minimum absolute atomic E-state index is 0.0386. The minimum Gasteiger partial charge on any atom is -0.324 e. The van der Waals surface area contributed by atoms with Gasteiger partial charge in [-0.15, -0.1) is 0 Å². The molecule has 0 atom stereocenters. The molecule has 12 heteroatoms. The van der Waals surface area contributed by atoms with Crippen LogP contribution in [0.3, 0.4) is 0 Å². The molecule has 8 nitrogen and oxygen atoms in total. The predicted molar refractivity (Wildman–Crippen MR) is 95.4 cm³/mol. The fourth-order valence-electron chi connectivity index (χ4n) is 2.27. The molecule has 0 fully saturated rings. The van der Waals surface area contributed by atoms with Crippen molar-refractivity contribution in [1.29, 1.82) is 0 Å². The lowest BCUT2D eigenvalue weighted by Gasteiger charge is -2.22. The van der Waals surface area contributed by atoms with Crippen LogP contribution in [0.15, 0.2) is 48.5 Å². The van der Waals surface area contributed by atoms with E-state index in [4.69, 9.17) is 0 Å². The van der Waals surface area contributed by atoms with Crippen LogP contribution >= 0.6 is 0 Å². The number of nitro benzene ring substituents is 1. The number of halogens is 3. The first-order chi connectivity index (χ1) is 12.9. The Balaban J connectivity index is 2.27. The first-order valence-electron chi connectivity index (χ1n) is 7.57. The number of carbonyl (C=O) groups is 1. The van der Waals surface area contributed by atoms with Gasteiger partial charge < -0.3 is 5.32 Å².